The molecule has 7 heteroatoms. The summed E-state index contributed by atoms with van der Waals surface area (Å²) in [6.07, 6.45) is 1.01. The molecule has 0 aliphatic rings. The van der Waals surface area contributed by atoms with Gasteiger partial charge < -0.3 is 0 Å². The zero-order valence-electron chi connectivity index (χ0n) is 8.87. The van der Waals surface area contributed by atoms with Crippen molar-refractivity contribution in [2.24, 2.45) is 5.84 Å². The Hall–Kier alpha value is -0.990. The van der Waals surface area contributed by atoms with Crippen LogP contribution in [0.1, 0.15) is 24.9 Å². The van der Waals surface area contributed by atoms with Crippen LogP contribution in [0.4, 0.5) is 0 Å². The lowest BCUT2D eigenvalue weighted by molar-refractivity contribution is 0.381. The van der Waals surface area contributed by atoms with Gasteiger partial charge in [0, 0.05) is 6.04 Å². The first-order valence-corrected chi connectivity index (χ1v) is 5.99. The Morgan fingerprint density at radius 1 is 1.31 bits per heavy atom. The van der Waals surface area contributed by atoms with E-state index in [2.05, 4.69) is 24.5 Å². The van der Waals surface area contributed by atoms with Gasteiger partial charge in [0.25, 0.3) is 0 Å². The number of hydrogen-bond acceptors (Lipinski definition) is 4. The average Bonchev–Trinajstić information content (AvgIpc) is 2.19. The fourth-order valence-corrected chi connectivity index (χ4v) is 1.14. The first-order valence-electron chi connectivity index (χ1n) is 4.59. The van der Waals surface area contributed by atoms with E-state index in [1.165, 1.54) is 5.56 Å². The Bertz CT molecular complexity index is 368. The predicted octanol–water partition coefficient (Wildman–Crippen LogP) is 0.948. The number of hydrogen-bond donors (Lipinski definition) is 4. The minimum absolute atomic E-state index is 0.288. The zero-order valence-corrected chi connectivity index (χ0v) is 9.68. The summed E-state index contributed by atoms with van der Waals surface area (Å²) in [5.74, 6) is 5.37. The second-order valence-corrected chi connectivity index (χ2v) is 3.88. The molecule has 0 aliphatic heterocycles. The molecule has 0 bridgehead atoms. The molecular weight excluding hydrogens is 232 g/mol. The molecule has 92 valence electrons. The summed E-state index contributed by atoms with van der Waals surface area (Å²) in [6, 6.07) is 10.5. The van der Waals surface area contributed by atoms with Gasteiger partial charge in [0.05, 0.1) is 0 Å². The number of rotatable bonds is 3. The molecule has 0 aromatic heterocycles. The third kappa shape index (κ3) is 8.33. The quantitative estimate of drug-likeness (QED) is 0.360. The molecule has 1 unspecified atom stereocenters. The summed E-state index contributed by atoms with van der Waals surface area (Å²) in [4.78, 5) is 0. The van der Waals surface area contributed by atoms with Crippen molar-refractivity contribution in [3.05, 3.63) is 35.9 Å². The third-order valence-corrected chi connectivity index (χ3v) is 1.81. The van der Waals surface area contributed by atoms with Crippen LogP contribution in [-0.2, 0) is 10.4 Å². The molecule has 16 heavy (non-hydrogen) atoms. The van der Waals surface area contributed by atoms with Crippen molar-refractivity contribution >= 4 is 10.4 Å². The number of benzene rings is 1. The smallest absolute Gasteiger partial charge is 0.271 e. The van der Waals surface area contributed by atoms with Crippen molar-refractivity contribution < 1.29 is 17.5 Å². The molecular formula is C9H16N2O4S. The van der Waals surface area contributed by atoms with E-state index in [4.69, 9.17) is 23.4 Å². The summed E-state index contributed by atoms with van der Waals surface area (Å²) >= 11 is 0. The molecule has 0 heterocycles. The second-order valence-electron chi connectivity index (χ2n) is 2.99. The zero-order chi connectivity index (χ0) is 12.6. The maximum absolute atomic E-state index is 8.74. The second kappa shape index (κ2) is 7.31. The van der Waals surface area contributed by atoms with Crippen LogP contribution in [0.15, 0.2) is 30.3 Å². The Morgan fingerprint density at radius 3 is 2.06 bits per heavy atom. The normalized spacial score (nSPS) is 12.5. The molecule has 0 saturated heterocycles. The Balaban J connectivity index is 0.000000385. The van der Waals surface area contributed by atoms with E-state index < -0.39 is 10.4 Å². The van der Waals surface area contributed by atoms with Crippen molar-refractivity contribution in [1.29, 1.82) is 0 Å². The predicted molar refractivity (Wildman–Crippen MR) is 61.0 cm³/mol. The molecule has 0 spiro atoms. The standard InChI is InChI=1S/C9H14N2.H2O4S/c1-2-9(11-10)8-6-4-3-5-7-8;1-5(2,3)4/h3-7,9,11H,2,10H2,1H3;(H2,1,2,3,4). The van der Waals surface area contributed by atoms with E-state index in [0.717, 1.165) is 6.42 Å². The minimum Gasteiger partial charge on any atom is -0.271 e. The van der Waals surface area contributed by atoms with Gasteiger partial charge in [0.2, 0.25) is 0 Å². The van der Waals surface area contributed by atoms with Gasteiger partial charge in [-0.25, -0.2) is 0 Å². The Morgan fingerprint density at radius 2 is 1.75 bits per heavy atom. The van der Waals surface area contributed by atoms with Gasteiger partial charge in [-0.3, -0.25) is 20.4 Å². The van der Waals surface area contributed by atoms with Crippen LogP contribution in [0.2, 0.25) is 0 Å². The third-order valence-electron chi connectivity index (χ3n) is 1.81. The highest BCUT2D eigenvalue weighted by molar-refractivity contribution is 7.79. The Labute approximate surface area is 95.0 Å². The van der Waals surface area contributed by atoms with E-state index in [0.29, 0.717) is 0 Å². The highest BCUT2D eigenvalue weighted by Gasteiger charge is 2.03. The van der Waals surface area contributed by atoms with Crippen LogP contribution in [-0.4, -0.2) is 17.5 Å². The molecule has 0 saturated carbocycles. The fraction of sp³-hybridized carbons (Fsp3) is 0.333. The summed E-state index contributed by atoms with van der Waals surface area (Å²) in [7, 11) is -4.67. The Kier molecular flexibility index (Phi) is 6.86. The van der Waals surface area contributed by atoms with Gasteiger partial charge in [-0.1, -0.05) is 37.3 Å². The maximum atomic E-state index is 8.74. The van der Waals surface area contributed by atoms with Crippen LogP contribution in [0.3, 0.4) is 0 Å². The number of nitrogens with one attached hydrogen (secondary N) is 1. The molecule has 0 fully saturated rings. The van der Waals surface area contributed by atoms with E-state index >= 15 is 0 Å². The van der Waals surface area contributed by atoms with Crippen LogP contribution in [0, 0.1) is 0 Å². The minimum atomic E-state index is -4.67. The molecule has 6 nitrogen and oxygen atoms in total. The molecule has 0 radical (unpaired) electrons. The number of nitrogens with two attached hydrogens (primary N) is 1. The lowest BCUT2D eigenvalue weighted by Gasteiger charge is -2.12. The SMILES string of the molecule is CCC(NN)c1ccccc1.O=S(=O)(O)O. The lowest BCUT2D eigenvalue weighted by atomic mass is 10.1. The van der Waals surface area contributed by atoms with Crippen LogP contribution in [0.25, 0.3) is 0 Å². The first-order chi connectivity index (χ1) is 7.38. The molecule has 1 atom stereocenters. The lowest BCUT2D eigenvalue weighted by Crippen LogP contribution is -2.27. The van der Waals surface area contributed by atoms with E-state index in [1.54, 1.807) is 0 Å². The molecule has 0 aliphatic carbocycles. The van der Waals surface area contributed by atoms with Crippen LogP contribution in [0.5, 0.6) is 0 Å². The average molecular weight is 248 g/mol. The highest BCUT2D eigenvalue weighted by Crippen LogP contribution is 2.13. The summed E-state index contributed by atoms with van der Waals surface area (Å²) in [6.45, 7) is 2.11. The van der Waals surface area contributed by atoms with Crippen molar-refractivity contribution in [2.75, 3.05) is 0 Å². The van der Waals surface area contributed by atoms with Crippen molar-refractivity contribution in [1.82, 2.24) is 5.43 Å². The summed E-state index contributed by atoms with van der Waals surface area (Å²) in [5, 5.41) is 0. The van der Waals surface area contributed by atoms with Gasteiger partial charge in [0.15, 0.2) is 0 Å². The summed E-state index contributed by atoms with van der Waals surface area (Å²) in [5.41, 5.74) is 4.02. The summed E-state index contributed by atoms with van der Waals surface area (Å²) < 4.78 is 31.6. The van der Waals surface area contributed by atoms with E-state index in [9.17, 15) is 0 Å². The van der Waals surface area contributed by atoms with E-state index in [-0.39, 0.29) is 6.04 Å². The van der Waals surface area contributed by atoms with Crippen LogP contribution < -0.4 is 11.3 Å². The molecule has 1 aromatic carbocycles. The fourth-order valence-electron chi connectivity index (χ4n) is 1.14. The van der Waals surface area contributed by atoms with E-state index in [1.807, 2.05) is 18.2 Å². The molecule has 1 aromatic rings. The highest BCUT2D eigenvalue weighted by atomic mass is 32.3. The number of hydrazine groups is 1. The van der Waals surface area contributed by atoms with Gasteiger partial charge in [-0.15, -0.1) is 0 Å². The molecule has 1 rings (SSSR count). The monoisotopic (exact) mass is 248 g/mol. The topological polar surface area (TPSA) is 113 Å². The van der Waals surface area contributed by atoms with Crippen LogP contribution >= 0.6 is 0 Å². The first kappa shape index (κ1) is 15.0. The largest absolute Gasteiger partial charge is 0.394 e. The van der Waals surface area contributed by atoms with Gasteiger partial charge >= 0.3 is 10.4 Å². The van der Waals surface area contributed by atoms with Crippen molar-refractivity contribution in [3.8, 4) is 0 Å². The van der Waals surface area contributed by atoms with Crippen molar-refractivity contribution in [3.63, 3.8) is 0 Å². The maximum Gasteiger partial charge on any atom is 0.394 e. The van der Waals surface area contributed by atoms with Gasteiger partial charge in [-0.05, 0) is 12.0 Å². The molecule has 0 amide bonds. The van der Waals surface area contributed by atoms with Crippen molar-refractivity contribution in [2.45, 2.75) is 19.4 Å². The molecule has 5 N–H and O–H groups in total. The van der Waals surface area contributed by atoms with Gasteiger partial charge in [0.1, 0.15) is 0 Å². The van der Waals surface area contributed by atoms with Gasteiger partial charge in [-0.2, -0.15) is 8.42 Å².